The molecule has 0 saturated carbocycles. The fraction of sp³-hybridized carbons (Fsp3) is 1.00. The molecule has 0 fully saturated rings. The van der Waals surface area contributed by atoms with E-state index in [2.05, 4.69) is 0 Å². The van der Waals surface area contributed by atoms with Gasteiger partial charge in [-0.25, -0.2) is 0 Å². The SMILES string of the molecule is CCC(OCCCCO)OCC(C)O. The highest BCUT2D eigenvalue weighted by molar-refractivity contribution is 4.46. The molecular formula is C10H22O4. The molecule has 0 rings (SSSR count). The van der Waals surface area contributed by atoms with Crippen LogP contribution in [0, 0.1) is 0 Å². The van der Waals surface area contributed by atoms with Crippen LogP contribution in [0.25, 0.3) is 0 Å². The molecule has 0 aromatic rings. The largest absolute Gasteiger partial charge is 0.396 e. The molecule has 0 aliphatic heterocycles. The minimum absolute atomic E-state index is 0.203. The Morgan fingerprint density at radius 2 is 1.93 bits per heavy atom. The smallest absolute Gasteiger partial charge is 0.157 e. The minimum atomic E-state index is -0.454. The molecule has 2 atom stereocenters. The van der Waals surface area contributed by atoms with Gasteiger partial charge in [0.1, 0.15) is 0 Å². The summed E-state index contributed by atoms with van der Waals surface area (Å²) in [5.41, 5.74) is 0. The molecule has 0 amide bonds. The van der Waals surface area contributed by atoms with Crippen LogP contribution in [0.15, 0.2) is 0 Å². The molecule has 0 aliphatic carbocycles. The van der Waals surface area contributed by atoms with Gasteiger partial charge in [-0.2, -0.15) is 0 Å². The molecular weight excluding hydrogens is 184 g/mol. The number of hydrogen-bond acceptors (Lipinski definition) is 4. The Labute approximate surface area is 85.8 Å². The third kappa shape index (κ3) is 8.44. The number of rotatable bonds is 9. The second kappa shape index (κ2) is 9.40. The molecule has 86 valence electrons. The topological polar surface area (TPSA) is 58.9 Å². The van der Waals surface area contributed by atoms with Gasteiger partial charge >= 0.3 is 0 Å². The van der Waals surface area contributed by atoms with E-state index < -0.39 is 6.10 Å². The Hall–Kier alpha value is -0.160. The summed E-state index contributed by atoms with van der Waals surface area (Å²) in [7, 11) is 0. The maximum atomic E-state index is 8.99. The van der Waals surface area contributed by atoms with Gasteiger partial charge in [0, 0.05) is 13.2 Å². The van der Waals surface area contributed by atoms with E-state index in [-0.39, 0.29) is 12.9 Å². The van der Waals surface area contributed by atoms with Gasteiger partial charge in [-0.05, 0) is 26.2 Å². The maximum absolute atomic E-state index is 8.99. The van der Waals surface area contributed by atoms with Crippen LogP contribution in [0.2, 0.25) is 0 Å². The summed E-state index contributed by atoms with van der Waals surface area (Å²) < 4.78 is 10.7. The van der Waals surface area contributed by atoms with Crippen LogP contribution < -0.4 is 0 Å². The lowest BCUT2D eigenvalue weighted by Crippen LogP contribution is -2.22. The van der Waals surface area contributed by atoms with Crippen molar-refractivity contribution in [3.63, 3.8) is 0 Å². The lowest BCUT2D eigenvalue weighted by atomic mass is 10.3. The van der Waals surface area contributed by atoms with Gasteiger partial charge in [0.15, 0.2) is 6.29 Å². The van der Waals surface area contributed by atoms with E-state index in [0.29, 0.717) is 13.2 Å². The van der Waals surface area contributed by atoms with E-state index in [1.807, 2.05) is 6.92 Å². The highest BCUT2D eigenvalue weighted by Gasteiger charge is 2.07. The van der Waals surface area contributed by atoms with Crippen LogP contribution in [0.5, 0.6) is 0 Å². The predicted molar refractivity (Wildman–Crippen MR) is 54.0 cm³/mol. The normalized spacial score (nSPS) is 15.4. The highest BCUT2D eigenvalue weighted by atomic mass is 16.7. The highest BCUT2D eigenvalue weighted by Crippen LogP contribution is 2.03. The summed E-state index contributed by atoms with van der Waals surface area (Å²) in [6, 6.07) is 0. The molecule has 0 spiro atoms. The average molecular weight is 206 g/mol. The third-order valence-corrected chi connectivity index (χ3v) is 1.71. The summed E-state index contributed by atoms with van der Waals surface area (Å²) in [4.78, 5) is 0. The predicted octanol–water partition coefficient (Wildman–Crippen LogP) is 0.909. The third-order valence-electron chi connectivity index (χ3n) is 1.71. The van der Waals surface area contributed by atoms with Crippen molar-refractivity contribution >= 4 is 0 Å². The van der Waals surface area contributed by atoms with Crippen LogP contribution in [0.3, 0.4) is 0 Å². The molecule has 0 saturated heterocycles. The van der Waals surface area contributed by atoms with Crippen LogP contribution in [-0.2, 0) is 9.47 Å². The number of unbranched alkanes of at least 4 members (excludes halogenated alkanes) is 1. The second-order valence-electron chi connectivity index (χ2n) is 3.32. The molecule has 0 radical (unpaired) electrons. The van der Waals surface area contributed by atoms with Crippen molar-refractivity contribution in [1.82, 2.24) is 0 Å². The number of ether oxygens (including phenoxy) is 2. The summed E-state index contributed by atoms with van der Waals surface area (Å²) >= 11 is 0. The van der Waals surface area contributed by atoms with Crippen molar-refractivity contribution in [2.75, 3.05) is 19.8 Å². The van der Waals surface area contributed by atoms with E-state index in [4.69, 9.17) is 19.7 Å². The van der Waals surface area contributed by atoms with Crippen LogP contribution >= 0.6 is 0 Å². The van der Waals surface area contributed by atoms with Gasteiger partial charge in [0.2, 0.25) is 0 Å². The number of aliphatic hydroxyl groups excluding tert-OH is 2. The summed E-state index contributed by atoms with van der Waals surface area (Å²) in [5.74, 6) is 0. The van der Waals surface area contributed by atoms with Gasteiger partial charge in [-0.15, -0.1) is 0 Å². The summed E-state index contributed by atoms with van der Waals surface area (Å²) in [5, 5.41) is 17.5. The van der Waals surface area contributed by atoms with Gasteiger partial charge < -0.3 is 19.7 Å². The fourth-order valence-electron chi connectivity index (χ4n) is 0.959. The van der Waals surface area contributed by atoms with Crippen molar-refractivity contribution in [3.05, 3.63) is 0 Å². The molecule has 0 heterocycles. The van der Waals surface area contributed by atoms with Crippen molar-refractivity contribution in [2.24, 2.45) is 0 Å². The van der Waals surface area contributed by atoms with E-state index >= 15 is 0 Å². The molecule has 4 nitrogen and oxygen atoms in total. The van der Waals surface area contributed by atoms with Crippen molar-refractivity contribution in [1.29, 1.82) is 0 Å². The van der Waals surface area contributed by atoms with Crippen molar-refractivity contribution in [3.8, 4) is 0 Å². The molecule has 2 N–H and O–H groups in total. The quantitative estimate of drug-likeness (QED) is 0.435. The Balaban J connectivity index is 3.38. The lowest BCUT2D eigenvalue weighted by molar-refractivity contribution is -0.157. The van der Waals surface area contributed by atoms with Gasteiger partial charge in [-0.3, -0.25) is 0 Å². The van der Waals surface area contributed by atoms with E-state index in [0.717, 1.165) is 19.3 Å². The first-order valence-corrected chi connectivity index (χ1v) is 5.22. The number of aliphatic hydroxyl groups is 2. The Morgan fingerprint density at radius 1 is 1.21 bits per heavy atom. The Morgan fingerprint density at radius 3 is 2.43 bits per heavy atom. The molecule has 2 unspecified atom stereocenters. The monoisotopic (exact) mass is 206 g/mol. The van der Waals surface area contributed by atoms with E-state index in [1.165, 1.54) is 0 Å². The minimum Gasteiger partial charge on any atom is -0.396 e. The van der Waals surface area contributed by atoms with E-state index in [9.17, 15) is 0 Å². The standard InChI is InChI=1S/C10H22O4/c1-3-10(14-8-9(2)12)13-7-5-4-6-11/h9-12H,3-8H2,1-2H3. The molecule has 0 aliphatic rings. The first-order valence-electron chi connectivity index (χ1n) is 5.22. The zero-order chi connectivity index (χ0) is 10.8. The van der Waals surface area contributed by atoms with E-state index in [1.54, 1.807) is 6.92 Å². The summed E-state index contributed by atoms with van der Waals surface area (Å²) in [6.07, 6.45) is 1.68. The molecule has 0 aromatic carbocycles. The van der Waals surface area contributed by atoms with Crippen LogP contribution in [0.4, 0.5) is 0 Å². The first-order chi connectivity index (χ1) is 6.70. The zero-order valence-electron chi connectivity index (χ0n) is 9.11. The van der Waals surface area contributed by atoms with Gasteiger partial charge in [0.05, 0.1) is 12.7 Å². The average Bonchev–Trinajstić information content (AvgIpc) is 2.16. The second-order valence-corrected chi connectivity index (χ2v) is 3.32. The fourth-order valence-corrected chi connectivity index (χ4v) is 0.959. The Kier molecular flexibility index (Phi) is 9.29. The van der Waals surface area contributed by atoms with Crippen molar-refractivity contribution < 1.29 is 19.7 Å². The summed E-state index contributed by atoms with van der Waals surface area (Å²) in [6.45, 7) is 4.75. The molecule has 14 heavy (non-hydrogen) atoms. The number of hydrogen-bond donors (Lipinski definition) is 2. The molecule has 4 heteroatoms. The van der Waals surface area contributed by atoms with Gasteiger partial charge in [-0.1, -0.05) is 6.92 Å². The van der Waals surface area contributed by atoms with Gasteiger partial charge in [0.25, 0.3) is 0 Å². The lowest BCUT2D eigenvalue weighted by Gasteiger charge is -2.17. The molecule has 0 bridgehead atoms. The zero-order valence-corrected chi connectivity index (χ0v) is 9.11. The van der Waals surface area contributed by atoms with Crippen LogP contribution in [-0.4, -0.2) is 42.4 Å². The molecule has 0 aromatic heterocycles. The van der Waals surface area contributed by atoms with Crippen LogP contribution in [0.1, 0.15) is 33.1 Å². The maximum Gasteiger partial charge on any atom is 0.157 e. The van der Waals surface area contributed by atoms with Crippen molar-refractivity contribution in [2.45, 2.75) is 45.5 Å². The Bertz CT molecular complexity index is 117. The first kappa shape index (κ1) is 13.8.